The largest absolute Gasteiger partial charge is 0.394 e. The maximum Gasteiger partial charge on any atom is 0.253 e. The first-order valence-electron chi connectivity index (χ1n) is 9.05. The highest BCUT2D eigenvalue weighted by Gasteiger charge is 2.27. The fourth-order valence-corrected chi connectivity index (χ4v) is 4.56. The van der Waals surface area contributed by atoms with E-state index in [1.807, 2.05) is 4.90 Å². The fraction of sp³-hybridized carbons (Fsp3) is 0.300. The van der Waals surface area contributed by atoms with Crippen LogP contribution < -0.4 is 26.8 Å². The number of piperazine rings is 1. The summed E-state index contributed by atoms with van der Waals surface area (Å²) in [5, 5.41) is 4.24. The molecule has 3 N–H and O–H groups in total. The number of benzene rings is 1. The van der Waals surface area contributed by atoms with E-state index in [4.69, 9.17) is 5.73 Å². The average Bonchev–Trinajstić information content (AvgIpc) is 2.73. The van der Waals surface area contributed by atoms with Crippen molar-refractivity contribution < 1.29 is 0 Å². The topological polar surface area (TPSA) is 104 Å². The van der Waals surface area contributed by atoms with Gasteiger partial charge in [0.25, 0.3) is 10.9 Å². The van der Waals surface area contributed by atoms with Crippen LogP contribution >= 0.6 is 11.8 Å². The summed E-state index contributed by atoms with van der Waals surface area (Å²) in [6, 6.07) is 6.40. The van der Waals surface area contributed by atoms with E-state index in [0.29, 0.717) is 18.8 Å². The minimum absolute atomic E-state index is 0. The van der Waals surface area contributed by atoms with Crippen molar-refractivity contribution in [1.29, 1.82) is 0 Å². The Kier molecular flexibility index (Phi) is 5.01. The van der Waals surface area contributed by atoms with Crippen molar-refractivity contribution in [2.75, 3.05) is 42.1 Å². The molecule has 0 aliphatic carbocycles. The number of nitrogens with one attached hydrogen (secondary N) is 1. The van der Waals surface area contributed by atoms with Gasteiger partial charge in [0.05, 0.1) is 5.69 Å². The molecule has 3 heterocycles. The van der Waals surface area contributed by atoms with Crippen molar-refractivity contribution in [3.63, 3.8) is 0 Å². The molecule has 0 spiro atoms. The number of aromatic nitrogens is 2. The number of nitrogen functional groups attached to an aromatic ring is 1. The number of hydrogen-bond acceptors (Lipinski definition) is 9. The summed E-state index contributed by atoms with van der Waals surface area (Å²) < 4.78 is 0. The number of fused-ring (bicyclic) bond motifs is 2. The maximum absolute atomic E-state index is 11.7. The molecule has 29 heavy (non-hydrogen) atoms. The van der Waals surface area contributed by atoms with Gasteiger partial charge in [-0.3, -0.25) is 14.5 Å². The molecular weight excluding hydrogens is 388 g/mol. The molecule has 0 unspecified atom stereocenters. The fourth-order valence-electron chi connectivity index (χ4n) is 3.68. The molecule has 9 heteroatoms. The van der Waals surface area contributed by atoms with Crippen LogP contribution in [0.5, 0.6) is 0 Å². The Bertz CT molecular complexity index is 1130. The summed E-state index contributed by atoms with van der Waals surface area (Å²) in [6.45, 7) is 3.83. The van der Waals surface area contributed by atoms with Gasteiger partial charge in [0, 0.05) is 50.0 Å². The molecule has 8 nitrogen and oxygen atoms in total. The summed E-state index contributed by atoms with van der Waals surface area (Å²) in [5.41, 5.74) is 7.45. The molecule has 2 aromatic carbocycles. The minimum Gasteiger partial charge on any atom is -0.394 e. The molecule has 0 amide bonds. The third-order valence-corrected chi connectivity index (χ3v) is 6.25. The standard InChI is InChI=1S/C19H18N6O2S.CH4/c20-14-15(17(27)16(14)26)25-7-5-24(6-8-25)10-11-1-2-13-12(9-11)23-18-19(28-13)22-4-3-21-18;/h1-4,9H,5-8,10,20H2,(H,21,23);1H4. The van der Waals surface area contributed by atoms with Gasteiger partial charge in [-0.25, -0.2) is 9.97 Å². The number of hydrogen-bond donors (Lipinski definition) is 2. The van der Waals surface area contributed by atoms with E-state index in [1.54, 1.807) is 24.2 Å². The van der Waals surface area contributed by atoms with Crippen LogP contribution in [0.15, 0.2) is 50.1 Å². The molecule has 150 valence electrons. The van der Waals surface area contributed by atoms with Crippen LogP contribution in [0.2, 0.25) is 0 Å². The van der Waals surface area contributed by atoms with E-state index in [2.05, 4.69) is 38.4 Å². The van der Waals surface area contributed by atoms with Gasteiger partial charge in [-0.15, -0.1) is 0 Å². The van der Waals surface area contributed by atoms with E-state index in [1.165, 1.54) is 5.56 Å². The van der Waals surface area contributed by atoms with E-state index in [-0.39, 0.29) is 13.1 Å². The lowest BCUT2D eigenvalue weighted by Crippen LogP contribution is -2.51. The number of nitrogens with zero attached hydrogens (tertiary/aromatic N) is 4. The van der Waals surface area contributed by atoms with Crippen LogP contribution in [-0.2, 0) is 6.54 Å². The second-order valence-electron chi connectivity index (χ2n) is 6.95. The van der Waals surface area contributed by atoms with E-state index < -0.39 is 10.9 Å². The van der Waals surface area contributed by atoms with Gasteiger partial charge in [-0.1, -0.05) is 25.3 Å². The number of rotatable bonds is 3. The third-order valence-electron chi connectivity index (χ3n) is 5.18. The monoisotopic (exact) mass is 410 g/mol. The van der Waals surface area contributed by atoms with Gasteiger partial charge >= 0.3 is 0 Å². The van der Waals surface area contributed by atoms with Crippen molar-refractivity contribution in [1.82, 2.24) is 14.9 Å². The Labute approximate surface area is 172 Å². The van der Waals surface area contributed by atoms with Gasteiger partial charge in [0.15, 0.2) is 5.82 Å². The zero-order chi connectivity index (χ0) is 19.3. The van der Waals surface area contributed by atoms with Gasteiger partial charge in [0.1, 0.15) is 16.4 Å². The van der Waals surface area contributed by atoms with Gasteiger partial charge in [0.2, 0.25) is 0 Å². The second kappa shape index (κ2) is 7.49. The average molecular weight is 411 g/mol. The smallest absolute Gasteiger partial charge is 0.253 e. The number of nitrogens with two attached hydrogens (primary N) is 1. The van der Waals surface area contributed by atoms with Crippen molar-refractivity contribution in [2.45, 2.75) is 23.9 Å². The zero-order valence-corrected chi connectivity index (χ0v) is 15.8. The third kappa shape index (κ3) is 3.36. The van der Waals surface area contributed by atoms with Crippen LogP contribution in [0.4, 0.5) is 22.9 Å². The van der Waals surface area contributed by atoms with Crippen LogP contribution in [0, 0.1) is 0 Å². The molecule has 5 rings (SSSR count). The van der Waals surface area contributed by atoms with Crippen LogP contribution in [0.25, 0.3) is 0 Å². The Balaban J connectivity index is 0.00000205. The first-order valence-corrected chi connectivity index (χ1v) is 9.86. The molecule has 0 atom stereocenters. The van der Waals surface area contributed by atoms with Gasteiger partial charge in [-0.05, 0) is 17.7 Å². The van der Waals surface area contributed by atoms with Crippen molar-refractivity contribution in [3.8, 4) is 0 Å². The molecule has 1 aromatic heterocycles. The molecule has 1 saturated heterocycles. The van der Waals surface area contributed by atoms with E-state index >= 15 is 0 Å². The lowest BCUT2D eigenvalue weighted by molar-refractivity contribution is 0.249. The van der Waals surface area contributed by atoms with Crippen LogP contribution in [-0.4, -0.2) is 41.0 Å². The molecule has 0 radical (unpaired) electrons. The minimum atomic E-state index is -0.553. The molecule has 1 fully saturated rings. The maximum atomic E-state index is 11.7. The predicted octanol–water partition coefficient (Wildman–Crippen LogP) is 1.82. The summed E-state index contributed by atoms with van der Waals surface area (Å²) in [5.74, 6) is 0.788. The molecule has 2 aliphatic heterocycles. The quantitative estimate of drug-likeness (QED) is 0.489. The van der Waals surface area contributed by atoms with Gasteiger partial charge < -0.3 is 16.0 Å². The Morgan fingerprint density at radius 1 is 1.07 bits per heavy atom. The van der Waals surface area contributed by atoms with Gasteiger partial charge in [-0.2, -0.15) is 0 Å². The van der Waals surface area contributed by atoms with E-state index in [0.717, 1.165) is 41.1 Å². The predicted molar refractivity (Wildman–Crippen MR) is 116 cm³/mol. The normalized spacial score (nSPS) is 15.9. The molecule has 0 saturated carbocycles. The molecular formula is C20H22N6O2S. The van der Waals surface area contributed by atoms with Crippen molar-refractivity contribution in [3.05, 3.63) is 56.6 Å². The Morgan fingerprint density at radius 3 is 2.59 bits per heavy atom. The first-order chi connectivity index (χ1) is 13.6. The second-order valence-corrected chi connectivity index (χ2v) is 7.98. The molecule has 3 aromatic rings. The number of anilines is 4. The Hall–Kier alpha value is -2.91. The first kappa shape index (κ1) is 19.4. The van der Waals surface area contributed by atoms with E-state index in [9.17, 15) is 9.59 Å². The lowest BCUT2D eigenvalue weighted by Gasteiger charge is -2.36. The van der Waals surface area contributed by atoms with Crippen molar-refractivity contribution >= 4 is 34.6 Å². The Morgan fingerprint density at radius 2 is 1.83 bits per heavy atom. The van der Waals surface area contributed by atoms with Crippen molar-refractivity contribution in [2.24, 2.45) is 0 Å². The molecule has 0 bridgehead atoms. The molecule has 2 aliphatic rings. The highest BCUT2D eigenvalue weighted by atomic mass is 32.2. The highest BCUT2D eigenvalue weighted by Crippen LogP contribution is 2.42. The summed E-state index contributed by atoms with van der Waals surface area (Å²) in [7, 11) is 0. The summed E-state index contributed by atoms with van der Waals surface area (Å²) >= 11 is 1.62. The highest BCUT2D eigenvalue weighted by molar-refractivity contribution is 7.99. The van der Waals surface area contributed by atoms with Crippen LogP contribution in [0.1, 0.15) is 13.0 Å². The van der Waals surface area contributed by atoms with Crippen LogP contribution in [0.3, 0.4) is 0 Å². The lowest BCUT2D eigenvalue weighted by atomic mass is 10.1. The summed E-state index contributed by atoms with van der Waals surface area (Å²) in [6.07, 6.45) is 3.38. The zero-order valence-electron chi connectivity index (χ0n) is 15.0. The SMILES string of the molecule is C.Nc1c(N2CCN(Cc3ccc4c(c3)Nc3nccnc3S4)CC2)c(=O)c1=O. The summed E-state index contributed by atoms with van der Waals surface area (Å²) in [4.78, 5) is 37.1.